The molecule has 1 aliphatic heterocycles. The minimum Gasteiger partial charge on any atom is -0.331 e. The van der Waals surface area contributed by atoms with Crippen molar-refractivity contribution in [2.45, 2.75) is 26.7 Å². The average molecular weight is 216 g/mol. The van der Waals surface area contributed by atoms with Crippen LogP contribution in [0.15, 0.2) is 11.8 Å². The number of hydrogen-bond acceptors (Lipinski definition) is 2. The number of carbonyl (C=O) groups excluding carboxylic acids is 2. The maximum absolute atomic E-state index is 11.9. The molecule has 0 spiro atoms. The van der Waals surface area contributed by atoms with Crippen LogP contribution in [0.3, 0.4) is 0 Å². The lowest BCUT2D eigenvalue weighted by atomic mass is 9.73. The van der Waals surface area contributed by atoms with Gasteiger partial charge in [0.15, 0.2) is 5.78 Å². The van der Waals surface area contributed by atoms with Gasteiger partial charge in [0.1, 0.15) is 5.41 Å². The maximum Gasteiger partial charge on any atom is 0.237 e. The molecule has 0 radical (unpaired) electrons. The van der Waals surface area contributed by atoms with Crippen LogP contribution in [0.25, 0.3) is 0 Å². The predicted octanol–water partition coefficient (Wildman–Crippen LogP) is 1.61. The van der Waals surface area contributed by atoms with Gasteiger partial charge < -0.3 is 5.32 Å². The number of Topliss-reactive ketones (excluding diaryl/α,β-unsaturated/α-hetero) is 1. The van der Waals surface area contributed by atoms with E-state index in [1.165, 1.54) is 6.20 Å². The molecule has 78 valence electrons. The Morgan fingerprint density at radius 3 is 2.36 bits per heavy atom. The highest BCUT2D eigenvalue weighted by atomic mass is 35.5. The van der Waals surface area contributed by atoms with E-state index in [1.807, 2.05) is 13.8 Å². The smallest absolute Gasteiger partial charge is 0.237 e. The molecule has 1 amide bonds. The van der Waals surface area contributed by atoms with Gasteiger partial charge in [-0.2, -0.15) is 0 Å². The molecule has 0 aromatic heterocycles. The number of allylic oxidation sites excluding steroid dienone is 1. The second-order valence-corrected chi connectivity index (χ2v) is 3.66. The van der Waals surface area contributed by atoms with Crippen molar-refractivity contribution < 1.29 is 9.59 Å². The van der Waals surface area contributed by atoms with E-state index in [1.54, 1.807) is 0 Å². The number of hydrogen-bond donors (Lipinski definition) is 1. The Balaban J connectivity index is 3.12. The molecule has 1 rings (SSSR count). The quantitative estimate of drug-likeness (QED) is 0.575. The molecule has 0 fully saturated rings. The lowest BCUT2D eigenvalue weighted by molar-refractivity contribution is -0.141. The highest BCUT2D eigenvalue weighted by molar-refractivity contribution is 6.26. The van der Waals surface area contributed by atoms with Gasteiger partial charge in [-0.15, -0.1) is 11.6 Å². The average Bonchev–Trinajstić information content (AvgIpc) is 2.20. The summed E-state index contributed by atoms with van der Waals surface area (Å²) in [6, 6.07) is 0. The Morgan fingerprint density at radius 1 is 1.36 bits per heavy atom. The summed E-state index contributed by atoms with van der Waals surface area (Å²) >= 11 is 5.62. The van der Waals surface area contributed by atoms with E-state index in [9.17, 15) is 9.59 Å². The van der Waals surface area contributed by atoms with E-state index in [0.717, 1.165) is 0 Å². The Labute approximate surface area is 88.5 Å². The van der Waals surface area contributed by atoms with Crippen LogP contribution in [-0.2, 0) is 9.59 Å². The monoisotopic (exact) mass is 215 g/mol. The van der Waals surface area contributed by atoms with Crippen LogP contribution < -0.4 is 5.32 Å². The molecule has 1 aliphatic rings. The number of nitrogens with one attached hydrogen (secondary N) is 1. The van der Waals surface area contributed by atoms with Gasteiger partial charge in [0, 0.05) is 11.8 Å². The number of rotatable bonds is 3. The highest BCUT2D eigenvalue weighted by Crippen LogP contribution is 2.33. The van der Waals surface area contributed by atoms with Gasteiger partial charge >= 0.3 is 0 Å². The van der Waals surface area contributed by atoms with Gasteiger partial charge in [-0.1, -0.05) is 13.8 Å². The van der Waals surface area contributed by atoms with E-state index in [0.29, 0.717) is 18.4 Å². The molecule has 0 saturated carbocycles. The fraction of sp³-hybridized carbons (Fsp3) is 0.600. The van der Waals surface area contributed by atoms with Crippen LogP contribution in [0.2, 0.25) is 0 Å². The third kappa shape index (κ3) is 1.46. The largest absolute Gasteiger partial charge is 0.331 e. The van der Waals surface area contributed by atoms with E-state index >= 15 is 0 Å². The lowest BCUT2D eigenvalue weighted by Gasteiger charge is -2.31. The first-order valence-electron chi connectivity index (χ1n) is 4.73. The number of alkyl halides is 1. The van der Waals surface area contributed by atoms with Gasteiger partial charge in [0.25, 0.3) is 0 Å². The summed E-state index contributed by atoms with van der Waals surface area (Å²) in [7, 11) is 0. The summed E-state index contributed by atoms with van der Waals surface area (Å²) in [5.41, 5.74) is -0.395. The molecular weight excluding hydrogens is 202 g/mol. The van der Waals surface area contributed by atoms with E-state index in [-0.39, 0.29) is 17.6 Å². The van der Waals surface area contributed by atoms with E-state index in [2.05, 4.69) is 5.32 Å². The Bertz CT molecular complexity index is 292. The number of amides is 1. The Kier molecular flexibility index (Phi) is 3.32. The SMILES string of the molecule is CCC1(CC)C(=O)NC=C(CCl)C1=O. The third-order valence-corrected chi connectivity index (χ3v) is 3.18. The minimum atomic E-state index is -0.890. The van der Waals surface area contributed by atoms with Crippen molar-refractivity contribution in [3.05, 3.63) is 11.8 Å². The first-order valence-corrected chi connectivity index (χ1v) is 5.26. The molecule has 14 heavy (non-hydrogen) atoms. The second-order valence-electron chi connectivity index (χ2n) is 3.40. The molecule has 0 atom stereocenters. The van der Waals surface area contributed by atoms with Crippen LogP contribution in [0.5, 0.6) is 0 Å². The summed E-state index contributed by atoms with van der Waals surface area (Å²) in [4.78, 5) is 23.6. The van der Waals surface area contributed by atoms with Crippen LogP contribution in [0.1, 0.15) is 26.7 Å². The maximum atomic E-state index is 11.9. The summed E-state index contributed by atoms with van der Waals surface area (Å²) < 4.78 is 0. The lowest BCUT2D eigenvalue weighted by Crippen LogP contribution is -2.48. The number of ketones is 1. The molecule has 3 nitrogen and oxygen atoms in total. The van der Waals surface area contributed by atoms with Crippen LogP contribution in [-0.4, -0.2) is 17.6 Å². The fourth-order valence-electron chi connectivity index (χ4n) is 1.76. The molecule has 0 aromatic rings. The minimum absolute atomic E-state index is 0.124. The zero-order valence-electron chi connectivity index (χ0n) is 8.39. The number of carbonyl (C=O) groups is 2. The van der Waals surface area contributed by atoms with E-state index < -0.39 is 5.41 Å². The molecular formula is C10H14ClNO2. The second kappa shape index (κ2) is 4.13. The summed E-state index contributed by atoms with van der Waals surface area (Å²) in [6.07, 6.45) is 2.45. The highest BCUT2D eigenvalue weighted by Gasteiger charge is 2.45. The van der Waals surface area contributed by atoms with Gasteiger partial charge in [-0.3, -0.25) is 9.59 Å². The zero-order chi connectivity index (χ0) is 10.8. The molecule has 0 bridgehead atoms. The molecule has 0 unspecified atom stereocenters. The van der Waals surface area contributed by atoms with Crippen molar-refractivity contribution in [3.8, 4) is 0 Å². The normalized spacial score (nSPS) is 20.4. The third-order valence-electron chi connectivity index (χ3n) is 2.89. The van der Waals surface area contributed by atoms with Gasteiger partial charge in [-0.05, 0) is 12.8 Å². The molecule has 4 heteroatoms. The Hall–Kier alpha value is -0.830. The van der Waals surface area contributed by atoms with Crippen molar-refractivity contribution in [2.24, 2.45) is 5.41 Å². The van der Waals surface area contributed by atoms with Crippen molar-refractivity contribution in [1.29, 1.82) is 0 Å². The fourth-order valence-corrected chi connectivity index (χ4v) is 1.96. The molecule has 0 saturated heterocycles. The topological polar surface area (TPSA) is 46.2 Å². The first-order chi connectivity index (χ1) is 6.62. The zero-order valence-corrected chi connectivity index (χ0v) is 9.15. The van der Waals surface area contributed by atoms with E-state index in [4.69, 9.17) is 11.6 Å². The predicted molar refractivity (Wildman–Crippen MR) is 55.0 cm³/mol. The van der Waals surface area contributed by atoms with Crippen LogP contribution in [0, 0.1) is 5.41 Å². The molecule has 0 aromatic carbocycles. The molecule has 1 N–H and O–H groups in total. The van der Waals surface area contributed by atoms with Gasteiger partial charge in [0.05, 0.1) is 5.88 Å². The first kappa shape index (κ1) is 11.2. The van der Waals surface area contributed by atoms with Crippen molar-refractivity contribution >= 4 is 23.3 Å². The van der Waals surface area contributed by atoms with Gasteiger partial charge in [-0.25, -0.2) is 0 Å². The molecule has 1 heterocycles. The van der Waals surface area contributed by atoms with Crippen molar-refractivity contribution in [2.75, 3.05) is 5.88 Å². The van der Waals surface area contributed by atoms with Gasteiger partial charge in [0.2, 0.25) is 5.91 Å². The standard InChI is InChI=1S/C10H14ClNO2/c1-3-10(4-2)8(13)7(5-11)6-12-9(10)14/h6H,3-5H2,1-2H3,(H,12,14). The summed E-state index contributed by atoms with van der Waals surface area (Å²) in [6.45, 7) is 3.69. The number of halogens is 1. The Morgan fingerprint density at radius 2 is 1.93 bits per heavy atom. The van der Waals surface area contributed by atoms with Crippen LogP contribution in [0.4, 0.5) is 0 Å². The summed E-state index contributed by atoms with van der Waals surface area (Å²) in [5, 5.41) is 2.60. The summed E-state index contributed by atoms with van der Waals surface area (Å²) in [5.74, 6) is -0.177. The van der Waals surface area contributed by atoms with Crippen molar-refractivity contribution in [1.82, 2.24) is 5.32 Å². The van der Waals surface area contributed by atoms with Crippen molar-refractivity contribution in [3.63, 3.8) is 0 Å². The molecule has 0 aliphatic carbocycles. The van der Waals surface area contributed by atoms with Crippen LogP contribution >= 0.6 is 11.6 Å².